The first-order chi connectivity index (χ1) is 0. The summed E-state index contributed by atoms with van der Waals surface area (Å²) < 4.78 is 0. The third-order valence-corrected chi connectivity index (χ3v) is 0. The van der Waals surface area contributed by atoms with Gasteiger partial charge in [0.25, 0.3) is 0 Å². The second-order valence-electron chi connectivity index (χ2n) is 0. The molecule has 0 aromatic heterocycles. The Labute approximate surface area is 56.0 Å². The van der Waals surface area contributed by atoms with Gasteiger partial charge in [-0.15, -0.1) is 0 Å². The molecule has 0 saturated heterocycles. The van der Waals surface area contributed by atoms with Crippen molar-refractivity contribution in [2.75, 3.05) is 0 Å². The van der Waals surface area contributed by atoms with Gasteiger partial charge in [-0.25, -0.2) is 0 Å². The van der Waals surface area contributed by atoms with Crippen molar-refractivity contribution in [1.82, 2.24) is 12.3 Å². The van der Waals surface area contributed by atoms with Crippen LogP contribution in [-0.4, -0.2) is 0 Å². The molecule has 7 heavy (non-hydrogen) atoms. The molecule has 0 aromatic rings. The van der Waals surface area contributed by atoms with Crippen LogP contribution in [0, 0.1) is 0 Å². The van der Waals surface area contributed by atoms with Crippen molar-refractivity contribution < 1.29 is 43.0 Å². The third-order valence-electron chi connectivity index (χ3n) is 0. The Balaban J connectivity index is 0. The zero-order valence-corrected chi connectivity index (χ0v) is 6.97. The summed E-state index contributed by atoms with van der Waals surface area (Å²) in [5.41, 5.74) is 0. The third kappa shape index (κ3) is 635. The van der Waals surface area contributed by atoms with Crippen molar-refractivity contribution in [2.45, 2.75) is 0 Å². The minimum Gasteiger partial charge on any atom is -2.00 e. The molecular weight excluding hydrogens is 276 g/mol. The van der Waals surface area contributed by atoms with Crippen molar-refractivity contribution >= 4 is 0 Å². The summed E-state index contributed by atoms with van der Waals surface area (Å²) in [5, 5.41) is 0. The van der Waals surface area contributed by atoms with Gasteiger partial charge in [0.15, 0.2) is 0 Å². The van der Waals surface area contributed by atoms with Crippen LogP contribution in [0.1, 0.15) is 0 Å². The summed E-state index contributed by atoms with van der Waals surface area (Å²) in [6.07, 6.45) is 0. The fraction of sp³-hybridized carbons (Fsp3) is 0. The zero-order chi connectivity index (χ0) is 0. The molecule has 7 heteroatoms. The minimum atomic E-state index is 0. The normalized spacial score (nSPS) is 0. The maximum atomic E-state index is 0. The van der Waals surface area contributed by atoms with Crippen LogP contribution in [0.25, 0.3) is 0 Å². The van der Waals surface area contributed by atoms with Crippen molar-refractivity contribution in [1.29, 1.82) is 0 Å². The minimum absolute atomic E-state index is 0. The second kappa shape index (κ2) is 952. The van der Waals surface area contributed by atoms with Gasteiger partial charge in [0.05, 0.1) is 0 Å². The van der Waals surface area contributed by atoms with Gasteiger partial charge >= 0.3 is 0 Å². The molecule has 8 N–H and O–H groups in total. The molecule has 0 heterocycles. The van der Waals surface area contributed by atoms with E-state index in [1.807, 2.05) is 0 Å². The monoisotopic (exact) mass is 284 g/mol. The summed E-state index contributed by atoms with van der Waals surface area (Å²) in [6.45, 7) is 0. The van der Waals surface area contributed by atoms with Gasteiger partial charge in [-0.2, -0.15) is 0 Å². The van der Waals surface area contributed by atoms with E-state index >= 15 is 0 Å². The molecule has 0 unspecified atom stereocenters. The van der Waals surface area contributed by atoms with Gasteiger partial charge in [0, 0.05) is 21.1 Å². The average molecular weight is 284 g/mol. The maximum Gasteiger partial charge on any atom is 0 e. The van der Waals surface area contributed by atoms with Crippen LogP contribution in [0.3, 0.4) is 0 Å². The molecule has 0 amide bonds. The molecule has 0 saturated carbocycles. The summed E-state index contributed by atoms with van der Waals surface area (Å²) in [5.74, 6) is 0. The fourth-order valence-corrected chi connectivity index (χ4v) is 0. The summed E-state index contributed by atoms with van der Waals surface area (Å²) in [7, 11) is 0. The van der Waals surface area contributed by atoms with Gasteiger partial charge < -0.3 is 34.2 Å². The Morgan fingerprint density at radius 3 is 0.429 bits per heavy atom. The van der Waals surface area contributed by atoms with Gasteiger partial charge in [-0.1, -0.05) is 0 Å². The molecule has 0 fully saturated rings. The molecule has 0 aliphatic rings. The Morgan fingerprint density at radius 2 is 0.429 bits per heavy atom. The molecule has 54 valence electrons. The van der Waals surface area contributed by atoms with E-state index in [0.29, 0.717) is 0 Å². The van der Waals surface area contributed by atoms with E-state index in [2.05, 4.69) is 0 Å². The van der Waals surface area contributed by atoms with Crippen LogP contribution in [0.5, 0.6) is 0 Å². The standard InChI is InChI=1S/2H3N.4O.W/h2*1H3;;;;;/q;;4*-2;/p+2. The van der Waals surface area contributed by atoms with Crippen molar-refractivity contribution in [3.05, 3.63) is 0 Å². The zero-order valence-electron chi connectivity index (χ0n) is 4.04. The van der Waals surface area contributed by atoms with Crippen molar-refractivity contribution in [3.63, 3.8) is 0 Å². The molecular formula is H8N2O4W-6. The maximum absolute atomic E-state index is 0. The predicted octanol–water partition coefficient (Wildman–Crippen LogP) is 0.275. The number of hydrogen-bond acceptors (Lipinski definition) is 0. The molecule has 0 radical (unpaired) electrons. The SMILES string of the molecule is [NH4+].[NH4+].[O-2].[O-2].[O-2].[O-2].[W]. The summed E-state index contributed by atoms with van der Waals surface area (Å²) in [4.78, 5) is 0. The van der Waals surface area contributed by atoms with E-state index in [0.717, 1.165) is 0 Å². The van der Waals surface area contributed by atoms with E-state index in [9.17, 15) is 0 Å². The smallest absolute Gasteiger partial charge is 0 e. The number of hydrogen-bond donors (Lipinski definition) is 2. The molecule has 0 spiro atoms. The van der Waals surface area contributed by atoms with Gasteiger partial charge in [0.1, 0.15) is 0 Å². The average Bonchev–Trinajstić information content (AvgIpc) is 0. The number of quaternary nitrogens is 2. The summed E-state index contributed by atoms with van der Waals surface area (Å²) in [6, 6.07) is 0. The summed E-state index contributed by atoms with van der Waals surface area (Å²) >= 11 is 0. The quantitative estimate of drug-likeness (QED) is 0.618. The van der Waals surface area contributed by atoms with Crippen molar-refractivity contribution in [3.8, 4) is 0 Å². The van der Waals surface area contributed by atoms with Gasteiger partial charge in [-0.3, -0.25) is 0 Å². The Hall–Kier alpha value is 0.448. The van der Waals surface area contributed by atoms with E-state index < -0.39 is 0 Å². The van der Waals surface area contributed by atoms with E-state index in [1.54, 1.807) is 0 Å². The first kappa shape index (κ1) is 1540. The fourth-order valence-electron chi connectivity index (χ4n) is 0. The topological polar surface area (TPSA) is 187 Å². The van der Waals surface area contributed by atoms with Crippen LogP contribution in [0.2, 0.25) is 0 Å². The van der Waals surface area contributed by atoms with Gasteiger partial charge in [0.2, 0.25) is 0 Å². The largest absolute Gasteiger partial charge is 2.00 e. The molecule has 0 bridgehead atoms. The first-order valence-corrected chi connectivity index (χ1v) is 0. The van der Waals surface area contributed by atoms with Crippen LogP contribution in [0.15, 0.2) is 0 Å². The van der Waals surface area contributed by atoms with E-state index in [-0.39, 0.29) is 55.3 Å². The Kier molecular flexibility index (Phi) is 210000. The van der Waals surface area contributed by atoms with Crippen LogP contribution in [-0.2, 0) is 43.0 Å². The molecule has 0 aliphatic heterocycles. The predicted molar refractivity (Wildman–Crippen MR) is 14.7 cm³/mol. The van der Waals surface area contributed by atoms with Crippen LogP contribution >= 0.6 is 0 Å². The molecule has 0 atom stereocenters. The number of rotatable bonds is 0. The molecule has 0 rings (SSSR count). The molecule has 0 aromatic carbocycles. The first-order valence-electron chi connectivity index (χ1n) is 0. The van der Waals surface area contributed by atoms with E-state index in [1.165, 1.54) is 0 Å². The Morgan fingerprint density at radius 1 is 0.429 bits per heavy atom. The van der Waals surface area contributed by atoms with Crippen molar-refractivity contribution in [2.24, 2.45) is 0 Å². The molecule has 6 nitrogen and oxygen atoms in total. The van der Waals surface area contributed by atoms with Crippen LogP contribution < -0.4 is 12.3 Å². The van der Waals surface area contributed by atoms with Crippen LogP contribution in [0.4, 0.5) is 0 Å². The molecule has 0 aliphatic carbocycles. The second-order valence-corrected chi connectivity index (χ2v) is 0. The van der Waals surface area contributed by atoms with Gasteiger partial charge in [-0.05, 0) is 0 Å². The Bertz CT molecular complexity index is 9.65. The van der Waals surface area contributed by atoms with E-state index in [4.69, 9.17) is 0 Å².